The number of nitrogens with zero attached hydrogens (tertiary/aromatic N) is 2. The van der Waals surface area contributed by atoms with Crippen molar-refractivity contribution in [2.75, 3.05) is 6.61 Å². The molecule has 0 N–H and O–H groups in total. The second-order valence-corrected chi connectivity index (χ2v) is 3.58. The van der Waals surface area contributed by atoms with Gasteiger partial charge in [0.1, 0.15) is 6.04 Å². The highest BCUT2D eigenvalue weighted by atomic mass is 16.5. The molecule has 1 aromatic heterocycles. The van der Waals surface area contributed by atoms with Crippen LogP contribution in [0.1, 0.15) is 19.9 Å². The number of hydrogen-bond acceptors (Lipinski definition) is 3. The van der Waals surface area contributed by atoms with Gasteiger partial charge in [0.15, 0.2) is 0 Å². The maximum Gasteiger partial charge on any atom is 0.330 e. The van der Waals surface area contributed by atoms with Gasteiger partial charge in [0.05, 0.1) is 18.3 Å². The first kappa shape index (κ1) is 10.7. The molecule has 84 valence electrons. The van der Waals surface area contributed by atoms with Gasteiger partial charge in [-0.25, -0.2) is 4.79 Å². The molecule has 0 bridgehead atoms. The van der Waals surface area contributed by atoms with Crippen molar-refractivity contribution in [3.05, 3.63) is 30.5 Å². The molecule has 0 fully saturated rings. The fourth-order valence-electron chi connectivity index (χ4n) is 1.66. The van der Waals surface area contributed by atoms with Gasteiger partial charge in [0.25, 0.3) is 0 Å². The highest BCUT2D eigenvalue weighted by molar-refractivity contribution is 5.81. The number of fused-ring (bicyclic) bond motifs is 1. The topological polar surface area (TPSA) is 44.1 Å². The maximum absolute atomic E-state index is 11.6. The summed E-state index contributed by atoms with van der Waals surface area (Å²) < 4.78 is 6.66. The van der Waals surface area contributed by atoms with Crippen LogP contribution in [0, 0.1) is 0 Å². The highest BCUT2D eigenvalue weighted by Gasteiger charge is 2.18. The first-order chi connectivity index (χ1) is 7.74. The third-order valence-corrected chi connectivity index (χ3v) is 2.50. The summed E-state index contributed by atoms with van der Waals surface area (Å²) in [6, 6.07) is 7.40. The van der Waals surface area contributed by atoms with Crippen LogP contribution in [0.5, 0.6) is 0 Å². The molecule has 0 saturated heterocycles. The molecule has 4 nitrogen and oxygen atoms in total. The second kappa shape index (κ2) is 4.35. The number of ether oxygens (including phenoxy) is 1. The Balaban J connectivity index is 2.36. The Hall–Kier alpha value is -1.84. The van der Waals surface area contributed by atoms with Crippen LogP contribution in [0.25, 0.3) is 10.9 Å². The van der Waals surface area contributed by atoms with Crippen LogP contribution in [-0.4, -0.2) is 22.4 Å². The lowest BCUT2D eigenvalue weighted by molar-refractivity contribution is -0.146. The molecular formula is C12H14N2O2. The Morgan fingerprint density at radius 2 is 2.25 bits per heavy atom. The van der Waals surface area contributed by atoms with Crippen LogP contribution in [0.15, 0.2) is 30.5 Å². The number of carbonyl (C=O) groups is 1. The van der Waals surface area contributed by atoms with Crippen molar-refractivity contribution in [2.24, 2.45) is 0 Å². The van der Waals surface area contributed by atoms with Crippen LogP contribution < -0.4 is 0 Å². The molecule has 4 heteroatoms. The van der Waals surface area contributed by atoms with Gasteiger partial charge >= 0.3 is 5.97 Å². The molecule has 0 radical (unpaired) electrons. The van der Waals surface area contributed by atoms with Gasteiger partial charge in [-0.3, -0.25) is 4.68 Å². The Kier molecular flexibility index (Phi) is 2.90. The van der Waals surface area contributed by atoms with Crippen molar-refractivity contribution in [1.29, 1.82) is 0 Å². The molecule has 1 heterocycles. The summed E-state index contributed by atoms with van der Waals surface area (Å²) >= 11 is 0. The lowest BCUT2D eigenvalue weighted by Gasteiger charge is -2.11. The number of benzene rings is 1. The Morgan fingerprint density at radius 1 is 1.50 bits per heavy atom. The van der Waals surface area contributed by atoms with Gasteiger partial charge in [-0.2, -0.15) is 5.10 Å². The van der Waals surface area contributed by atoms with E-state index in [1.54, 1.807) is 24.7 Å². The summed E-state index contributed by atoms with van der Waals surface area (Å²) in [6.07, 6.45) is 1.76. The number of aromatic nitrogens is 2. The molecule has 0 amide bonds. The molecule has 1 atom stereocenters. The van der Waals surface area contributed by atoms with Gasteiger partial charge in [0, 0.05) is 5.39 Å². The lowest BCUT2D eigenvalue weighted by Crippen LogP contribution is -2.19. The minimum Gasteiger partial charge on any atom is -0.464 e. The van der Waals surface area contributed by atoms with Gasteiger partial charge in [-0.15, -0.1) is 0 Å². The van der Waals surface area contributed by atoms with Crippen molar-refractivity contribution in [1.82, 2.24) is 9.78 Å². The minimum absolute atomic E-state index is 0.253. The summed E-state index contributed by atoms with van der Waals surface area (Å²) in [7, 11) is 0. The van der Waals surface area contributed by atoms with Gasteiger partial charge in [-0.1, -0.05) is 18.2 Å². The fraction of sp³-hybridized carbons (Fsp3) is 0.333. The normalized spacial score (nSPS) is 12.6. The summed E-state index contributed by atoms with van der Waals surface area (Å²) in [4.78, 5) is 11.6. The summed E-state index contributed by atoms with van der Waals surface area (Å²) in [6.45, 7) is 3.98. The molecule has 1 unspecified atom stereocenters. The van der Waals surface area contributed by atoms with Crippen LogP contribution in [0.3, 0.4) is 0 Å². The minimum atomic E-state index is -0.389. The lowest BCUT2D eigenvalue weighted by atomic mass is 10.2. The number of hydrogen-bond donors (Lipinski definition) is 0. The average molecular weight is 218 g/mol. The third-order valence-electron chi connectivity index (χ3n) is 2.50. The number of esters is 1. The highest BCUT2D eigenvalue weighted by Crippen LogP contribution is 2.17. The van der Waals surface area contributed by atoms with E-state index in [-0.39, 0.29) is 12.0 Å². The molecule has 0 saturated carbocycles. The van der Waals surface area contributed by atoms with Crippen LogP contribution in [0.2, 0.25) is 0 Å². The first-order valence-corrected chi connectivity index (χ1v) is 5.33. The molecule has 16 heavy (non-hydrogen) atoms. The van der Waals surface area contributed by atoms with Gasteiger partial charge in [0.2, 0.25) is 0 Å². The van der Waals surface area contributed by atoms with Crippen LogP contribution in [0.4, 0.5) is 0 Å². The van der Waals surface area contributed by atoms with E-state index >= 15 is 0 Å². The zero-order valence-electron chi connectivity index (χ0n) is 9.38. The molecule has 0 spiro atoms. The predicted octanol–water partition coefficient (Wildman–Crippen LogP) is 2.16. The van der Waals surface area contributed by atoms with Crippen LogP contribution in [-0.2, 0) is 9.53 Å². The van der Waals surface area contributed by atoms with E-state index in [0.717, 1.165) is 10.9 Å². The van der Waals surface area contributed by atoms with E-state index in [4.69, 9.17) is 4.74 Å². The van der Waals surface area contributed by atoms with E-state index in [1.807, 2.05) is 24.3 Å². The summed E-state index contributed by atoms with van der Waals surface area (Å²) in [5.41, 5.74) is 0.947. The van der Waals surface area contributed by atoms with Crippen molar-refractivity contribution in [3.63, 3.8) is 0 Å². The van der Waals surface area contributed by atoms with Crippen molar-refractivity contribution < 1.29 is 9.53 Å². The van der Waals surface area contributed by atoms with Crippen molar-refractivity contribution in [3.8, 4) is 0 Å². The largest absolute Gasteiger partial charge is 0.464 e. The number of para-hydroxylation sites is 1. The predicted molar refractivity (Wildman–Crippen MR) is 61.1 cm³/mol. The van der Waals surface area contributed by atoms with Crippen molar-refractivity contribution in [2.45, 2.75) is 19.9 Å². The zero-order valence-corrected chi connectivity index (χ0v) is 9.38. The summed E-state index contributed by atoms with van der Waals surface area (Å²) in [5, 5.41) is 5.24. The molecule has 0 aliphatic heterocycles. The van der Waals surface area contributed by atoms with Gasteiger partial charge in [-0.05, 0) is 19.9 Å². The van der Waals surface area contributed by atoms with E-state index in [0.29, 0.717) is 6.61 Å². The van der Waals surface area contributed by atoms with E-state index in [1.165, 1.54) is 0 Å². The monoisotopic (exact) mass is 218 g/mol. The Labute approximate surface area is 93.8 Å². The average Bonchev–Trinajstić information content (AvgIpc) is 2.72. The fourth-order valence-corrected chi connectivity index (χ4v) is 1.66. The number of carbonyl (C=O) groups excluding carboxylic acids is 1. The van der Waals surface area contributed by atoms with E-state index in [2.05, 4.69) is 5.10 Å². The van der Waals surface area contributed by atoms with Crippen molar-refractivity contribution >= 4 is 16.9 Å². The molecule has 0 aliphatic carbocycles. The Bertz CT molecular complexity index is 504. The standard InChI is InChI=1S/C12H14N2O2/c1-3-16-12(15)9(2)14-11-7-5-4-6-10(11)8-13-14/h4-9H,3H2,1-2H3. The van der Waals surface area contributed by atoms with E-state index < -0.39 is 0 Å². The molecule has 2 rings (SSSR count). The zero-order chi connectivity index (χ0) is 11.5. The quantitative estimate of drug-likeness (QED) is 0.741. The molecule has 2 aromatic rings. The SMILES string of the molecule is CCOC(=O)C(C)n1ncc2ccccc21. The van der Waals surface area contributed by atoms with Crippen LogP contribution >= 0.6 is 0 Å². The maximum atomic E-state index is 11.6. The first-order valence-electron chi connectivity index (χ1n) is 5.33. The smallest absolute Gasteiger partial charge is 0.330 e. The van der Waals surface area contributed by atoms with E-state index in [9.17, 15) is 4.79 Å². The molecule has 1 aromatic carbocycles. The summed E-state index contributed by atoms with van der Waals surface area (Å²) in [5.74, 6) is -0.253. The second-order valence-electron chi connectivity index (χ2n) is 3.58. The third kappa shape index (κ3) is 1.78. The number of rotatable bonds is 3. The molecular weight excluding hydrogens is 204 g/mol. The van der Waals surface area contributed by atoms with Gasteiger partial charge < -0.3 is 4.74 Å². The Morgan fingerprint density at radius 3 is 3.00 bits per heavy atom. The molecule has 0 aliphatic rings.